The summed E-state index contributed by atoms with van der Waals surface area (Å²) >= 11 is 7.38. The first-order valence-electron chi connectivity index (χ1n) is 7.26. The number of ketones is 1. The zero-order valence-corrected chi connectivity index (χ0v) is 15.1. The number of carbonyl (C=O) groups excluding carboxylic acids is 2. The molecule has 0 aliphatic carbocycles. The number of aliphatic carboxylic acids is 1. The minimum Gasteiger partial charge on any atom is -0.496 e. The van der Waals surface area contributed by atoms with Gasteiger partial charge < -0.3 is 15.2 Å². The lowest BCUT2D eigenvalue weighted by atomic mass is 10.0. The molecule has 6 nitrogen and oxygen atoms in total. The minimum atomic E-state index is -1.08. The minimum absolute atomic E-state index is 0.0581. The quantitative estimate of drug-likeness (QED) is 0.612. The number of carbonyl (C=O) groups is 3. The highest BCUT2D eigenvalue weighted by Crippen LogP contribution is 2.24. The van der Waals surface area contributed by atoms with Crippen LogP contribution in [-0.4, -0.2) is 47.9 Å². The Hall–Kier alpha value is -1.73. The molecule has 1 aromatic rings. The number of thioether (sulfide) groups is 1. The van der Waals surface area contributed by atoms with E-state index >= 15 is 0 Å². The first-order valence-corrected chi connectivity index (χ1v) is 9.04. The van der Waals surface area contributed by atoms with Crippen molar-refractivity contribution < 1.29 is 24.2 Å². The third-order valence-electron chi connectivity index (χ3n) is 3.29. The Kier molecular flexibility index (Phi) is 8.63. The highest BCUT2D eigenvalue weighted by atomic mass is 35.5. The summed E-state index contributed by atoms with van der Waals surface area (Å²) in [5.41, 5.74) is 0.301. The van der Waals surface area contributed by atoms with Crippen LogP contribution in [0.3, 0.4) is 0 Å². The molecule has 0 radical (unpaired) electrons. The van der Waals surface area contributed by atoms with Gasteiger partial charge in [0.25, 0.3) is 0 Å². The summed E-state index contributed by atoms with van der Waals surface area (Å²) in [5.74, 6) is -0.845. The number of carboxylic acid groups (broad SMARTS) is 1. The Morgan fingerprint density at radius 1 is 1.33 bits per heavy atom. The van der Waals surface area contributed by atoms with Gasteiger partial charge in [0.05, 0.1) is 12.7 Å². The van der Waals surface area contributed by atoms with Gasteiger partial charge >= 0.3 is 5.97 Å². The maximum absolute atomic E-state index is 12.2. The fourth-order valence-corrected chi connectivity index (χ4v) is 2.66. The number of methoxy groups -OCH3 is 1. The van der Waals surface area contributed by atoms with E-state index in [0.717, 1.165) is 0 Å². The number of benzene rings is 1. The zero-order valence-electron chi connectivity index (χ0n) is 13.5. The van der Waals surface area contributed by atoms with E-state index in [0.29, 0.717) is 28.5 Å². The van der Waals surface area contributed by atoms with Crippen molar-refractivity contribution in [3.05, 3.63) is 28.8 Å². The largest absolute Gasteiger partial charge is 0.496 e. The molecule has 0 aliphatic rings. The highest BCUT2D eigenvalue weighted by Gasteiger charge is 2.20. The van der Waals surface area contributed by atoms with Crippen LogP contribution < -0.4 is 10.1 Å². The van der Waals surface area contributed by atoms with Crippen LogP contribution in [0.15, 0.2) is 18.2 Å². The molecule has 0 aliphatic heterocycles. The summed E-state index contributed by atoms with van der Waals surface area (Å²) in [6, 6.07) is 3.73. The van der Waals surface area contributed by atoms with Gasteiger partial charge in [0.2, 0.25) is 5.91 Å². The molecule has 0 aromatic heterocycles. The fourth-order valence-electron chi connectivity index (χ4n) is 2.02. The topological polar surface area (TPSA) is 92.7 Å². The zero-order chi connectivity index (χ0) is 18.1. The van der Waals surface area contributed by atoms with E-state index in [1.165, 1.54) is 24.9 Å². The van der Waals surface area contributed by atoms with Crippen molar-refractivity contribution in [2.45, 2.75) is 25.3 Å². The molecule has 24 heavy (non-hydrogen) atoms. The summed E-state index contributed by atoms with van der Waals surface area (Å²) in [5, 5.41) is 11.9. The Balaban J connectivity index is 2.61. The Bertz CT molecular complexity index is 608. The van der Waals surface area contributed by atoms with Crippen LogP contribution in [0.4, 0.5) is 0 Å². The molecule has 0 saturated carbocycles. The second kappa shape index (κ2) is 10.2. The van der Waals surface area contributed by atoms with E-state index in [4.69, 9.17) is 21.4 Å². The normalized spacial score (nSPS) is 11.6. The molecular formula is C16H20ClNO5S. The summed E-state index contributed by atoms with van der Waals surface area (Å²) in [7, 11) is 1.44. The second-order valence-electron chi connectivity index (χ2n) is 5.01. The molecule has 1 unspecified atom stereocenters. The van der Waals surface area contributed by atoms with Gasteiger partial charge in [0.1, 0.15) is 11.8 Å². The van der Waals surface area contributed by atoms with Gasteiger partial charge in [0.15, 0.2) is 5.78 Å². The smallest absolute Gasteiger partial charge is 0.326 e. The fraction of sp³-hybridized carbons (Fsp3) is 0.438. The summed E-state index contributed by atoms with van der Waals surface area (Å²) in [6.07, 6.45) is 2.03. The molecule has 8 heteroatoms. The average molecular weight is 374 g/mol. The lowest BCUT2D eigenvalue weighted by Crippen LogP contribution is -2.41. The monoisotopic (exact) mass is 373 g/mol. The van der Waals surface area contributed by atoms with Crippen LogP contribution in [0.5, 0.6) is 5.75 Å². The molecule has 1 aromatic carbocycles. The van der Waals surface area contributed by atoms with E-state index in [-0.39, 0.29) is 18.6 Å². The van der Waals surface area contributed by atoms with Crippen molar-refractivity contribution >= 4 is 41.0 Å². The van der Waals surface area contributed by atoms with Crippen molar-refractivity contribution in [2.75, 3.05) is 19.1 Å². The number of amides is 1. The molecule has 0 heterocycles. The van der Waals surface area contributed by atoms with E-state index in [1.54, 1.807) is 12.1 Å². The van der Waals surface area contributed by atoms with Crippen molar-refractivity contribution in [3.63, 3.8) is 0 Å². The van der Waals surface area contributed by atoms with Crippen molar-refractivity contribution in [1.29, 1.82) is 0 Å². The lowest BCUT2D eigenvalue weighted by molar-refractivity contribution is -0.141. The van der Waals surface area contributed by atoms with E-state index in [9.17, 15) is 14.4 Å². The van der Waals surface area contributed by atoms with Crippen LogP contribution in [0.1, 0.15) is 29.6 Å². The van der Waals surface area contributed by atoms with Gasteiger partial charge in [-0.25, -0.2) is 4.79 Å². The summed E-state index contributed by atoms with van der Waals surface area (Å²) in [4.78, 5) is 35.2. The van der Waals surface area contributed by atoms with Gasteiger partial charge in [0, 0.05) is 17.9 Å². The Morgan fingerprint density at radius 2 is 2.04 bits per heavy atom. The molecule has 0 spiro atoms. The average Bonchev–Trinajstić information content (AvgIpc) is 2.56. The predicted octanol–water partition coefficient (Wildman–Crippen LogP) is 2.63. The summed E-state index contributed by atoms with van der Waals surface area (Å²) in [6.45, 7) is 0. The van der Waals surface area contributed by atoms with Gasteiger partial charge in [-0.15, -0.1) is 0 Å². The number of hydrogen-bond acceptors (Lipinski definition) is 5. The molecule has 2 N–H and O–H groups in total. The Morgan fingerprint density at radius 3 is 2.62 bits per heavy atom. The molecule has 1 amide bonds. The van der Waals surface area contributed by atoms with E-state index in [1.807, 2.05) is 6.26 Å². The number of Topliss-reactive ketones (excluding diaryl/α,β-unsaturated/α-hetero) is 1. The van der Waals surface area contributed by atoms with Crippen molar-refractivity contribution in [1.82, 2.24) is 5.32 Å². The number of ether oxygens (including phenoxy) is 1. The molecule has 0 saturated heterocycles. The van der Waals surface area contributed by atoms with Gasteiger partial charge in [-0.3, -0.25) is 9.59 Å². The molecule has 0 bridgehead atoms. The first-order chi connectivity index (χ1) is 11.4. The van der Waals surface area contributed by atoms with Crippen LogP contribution in [0.2, 0.25) is 5.02 Å². The molecule has 0 fully saturated rings. The maximum atomic E-state index is 12.2. The lowest BCUT2D eigenvalue weighted by Gasteiger charge is -2.14. The number of rotatable bonds is 10. The predicted molar refractivity (Wildman–Crippen MR) is 94.1 cm³/mol. The molecule has 132 valence electrons. The molecule has 1 rings (SSSR count). The first kappa shape index (κ1) is 20.3. The van der Waals surface area contributed by atoms with Gasteiger partial charge in [-0.2, -0.15) is 11.8 Å². The Labute approximate surface area is 149 Å². The number of carboxylic acids is 1. The van der Waals surface area contributed by atoms with E-state index in [2.05, 4.69) is 5.32 Å². The van der Waals surface area contributed by atoms with Crippen LogP contribution in [0.25, 0.3) is 0 Å². The number of halogens is 1. The highest BCUT2D eigenvalue weighted by molar-refractivity contribution is 7.98. The van der Waals surface area contributed by atoms with Gasteiger partial charge in [-0.05, 0) is 36.6 Å². The van der Waals surface area contributed by atoms with Crippen LogP contribution >= 0.6 is 23.4 Å². The molecule has 1 atom stereocenters. The SMILES string of the molecule is COc1ccc(Cl)cc1C(=O)CCC(=O)NC(CCSC)C(=O)O. The summed E-state index contributed by atoms with van der Waals surface area (Å²) < 4.78 is 5.11. The van der Waals surface area contributed by atoms with Crippen molar-refractivity contribution in [2.24, 2.45) is 0 Å². The second-order valence-corrected chi connectivity index (χ2v) is 6.43. The third-order valence-corrected chi connectivity index (χ3v) is 4.16. The maximum Gasteiger partial charge on any atom is 0.326 e. The van der Waals surface area contributed by atoms with Gasteiger partial charge in [-0.1, -0.05) is 11.6 Å². The number of hydrogen-bond donors (Lipinski definition) is 2. The van der Waals surface area contributed by atoms with Crippen molar-refractivity contribution in [3.8, 4) is 5.75 Å². The number of nitrogens with one attached hydrogen (secondary N) is 1. The molecular weight excluding hydrogens is 354 g/mol. The standard InChI is InChI=1S/C16H20ClNO5S/c1-23-14-5-3-10(17)9-11(14)13(19)4-6-15(20)18-12(16(21)22)7-8-24-2/h3,5,9,12H,4,6-8H2,1-2H3,(H,18,20)(H,21,22). The van der Waals surface area contributed by atoms with Crippen LogP contribution in [-0.2, 0) is 9.59 Å². The third kappa shape index (κ3) is 6.41. The van der Waals surface area contributed by atoms with E-state index < -0.39 is 17.9 Å². The van der Waals surface area contributed by atoms with Crippen LogP contribution in [0, 0.1) is 0 Å².